The topological polar surface area (TPSA) is 57.4 Å². The highest BCUT2D eigenvalue weighted by Crippen LogP contribution is 2.41. The van der Waals surface area contributed by atoms with Crippen molar-refractivity contribution in [1.82, 2.24) is 9.13 Å². The SMILES string of the molecule is Cc1cc(C#N)cc(-c2cc(-n3c4ccccc4c4cc(C)ccc43)c(C#N)c(-n3c4ccccc4c4cc(C(F)(F)F)ccc43)c2)c1. The van der Waals surface area contributed by atoms with Crippen LogP contribution >= 0.6 is 0 Å². The van der Waals surface area contributed by atoms with Gasteiger partial charge in [0.1, 0.15) is 11.6 Å². The summed E-state index contributed by atoms with van der Waals surface area (Å²) in [7, 11) is 0. The number of aryl methyl sites for hydroxylation is 2. The van der Waals surface area contributed by atoms with Crippen LogP contribution in [0.2, 0.25) is 0 Å². The summed E-state index contributed by atoms with van der Waals surface area (Å²) in [6.07, 6.45) is -4.51. The lowest BCUT2D eigenvalue weighted by atomic mass is 9.97. The Hall–Kier alpha value is -6.31. The van der Waals surface area contributed by atoms with Gasteiger partial charge >= 0.3 is 6.18 Å². The lowest BCUT2D eigenvalue weighted by Crippen LogP contribution is -2.06. The molecule has 2 aromatic heterocycles. The van der Waals surface area contributed by atoms with Crippen molar-refractivity contribution in [1.29, 1.82) is 10.5 Å². The molecule has 0 N–H and O–H groups in total. The Labute approximate surface area is 273 Å². The van der Waals surface area contributed by atoms with E-state index in [1.165, 1.54) is 12.1 Å². The molecule has 0 radical (unpaired) electrons. The van der Waals surface area contributed by atoms with Crippen molar-refractivity contribution in [2.75, 3.05) is 0 Å². The van der Waals surface area contributed by atoms with Crippen LogP contribution in [-0.4, -0.2) is 9.13 Å². The van der Waals surface area contributed by atoms with Gasteiger partial charge in [0.25, 0.3) is 0 Å². The molecule has 0 unspecified atom stereocenters. The van der Waals surface area contributed by atoms with E-state index in [9.17, 15) is 23.7 Å². The van der Waals surface area contributed by atoms with Gasteiger partial charge in [-0.05, 0) is 97.3 Å². The fourth-order valence-corrected chi connectivity index (χ4v) is 7.02. The van der Waals surface area contributed by atoms with E-state index < -0.39 is 11.7 Å². The molecule has 0 spiro atoms. The van der Waals surface area contributed by atoms with Gasteiger partial charge in [0, 0.05) is 21.5 Å². The van der Waals surface area contributed by atoms with E-state index in [1.54, 1.807) is 12.1 Å². The van der Waals surface area contributed by atoms with Crippen molar-refractivity contribution in [2.45, 2.75) is 20.0 Å². The highest BCUT2D eigenvalue weighted by Gasteiger charge is 2.31. The molecule has 48 heavy (non-hydrogen) atoms. The first-order valence-electron chi connectivity index (χ1n) is 15.4. The molecule has 0 bridgehead atoms. The first-order chi connectivity index (χ1) is 23.2. The van der Waals surface area contributed by atoms with E-state index >= 15 is 0 Å². The Morgan fingerprint density at radius 1 is 0.521 bits per heavy atom. The van der Waals surface area contributed by atoms with Crippen molar-refractivity contribution >= 4 is 43.6 Å². The Morgan fingerprint density at radius 3 is 1.65 bits per heavy atom. The monoisotopic (exact) mass is 630 g/mol. The van der Waals surface area contributed by atoms with Crippen LogP contribution in [0.15, 0.2) is 115 Å². The highest BCUT2D eigenvalue weighted by atomic mass is 19.4. The lowest BCUT2D eigenvalue weighted by molar-refractivity contribution is -0.137. The first kappa shape index (κ1) is 29.1. The van der Waals surface area contributed by atoms with Crippen molar-refractivity contribution in [3.8, 4) is 34.6 Å². The minimum absolute atomic E-state index is 0.359. The summed E-state index contributed by atoms with van der Waals surface area (Å²) in [4.78, 5) is 0. The number of hydrogen-bond acceptors (Lipinski definition) is 2. The van der Waals surface area contributed by atoms with Crippen molar-refractivity contribution in [3.05, 3.63) is 143 Å². The standard InChI is InChI=1S/C41H25F3N4/c1-24-11-13-37-32(17-24)30-7-3-5-9-35(30)47(37)39-19-28(27-16-25(2)15-26(18-27)22-45)20-40(34(39)23-46)48-36-10-6-4-8-31(36)33-21-29(41(42,43)44)12-14-38(33)48/h3-21H,1-2H3. The van der Waals surface area contributed by atoms with Gasteiger partial charge < -0.3 is 9.13 Å². The Bertz CT molecular complexity index is 2710. The number of para-hydroxylation sites is 2. The zero-order chi connectivity index (χ0) is 33.3. The molecular weight excluding hydrogens is 605 g/mol. The minimum atomic E-state index is -4.51. The maximum atomic E-state index is 13.9. The van der Waals surface area contributed by atoms with Crippen LogP contribution in [0.5, 0.6) is 0 Å². The molecule has 0 atom stereocenters. The van der Waals surface area contributed by atoms with Crippen LogP contribution in [-0.2, 0) is 6.18 Å². The highest BCUT2D eigenvalue weighted by molar-refractivity contribution is 6.11. The molecule has 0 saturated carbocycles. The third-order valence-electron chi connectivity index (χ3n) is 9.06. The van der Waals surface area contributed by atoms with Crippen molar-refractivity contribution < 1.29 is 13.2 Å². The van der Waals surface area contributed by atoms with Crippen LogP contribution in [0.4, 0.5) is 13.2 Å². The van der Waals surface area contributed by atoms with Gasteiger partial charge in [0.15, 0.2) is 0 Å². The van der Waals surface area contributed by atoms with Gasteiger partial charge in [-0.25, -0.2) is 0 Å². The van der Waals surface area contributed by atoms with Gasteiger partial charge in [-0.2, -0.15) is 23.7 Å². The Balaban J connectivity index is 1.56. The second kappa shape index (κ2) is 10.6. The maximum Gasteiger partial charge on any atom is 0.416 e. The number of nitriles is 2. The molecule has 0 aliphatic carbocycles. The van der Waals surface area contributed by atoms with Crippen LogP contribution in [0.25, 0.3) is 66.1 Å². The quantitative estimate of drug-likeness (QED) is 0.195. The second-order valence-electron chi connectivity index (χ2n) is 12.2. The molecule has 6 aromatic carbocycles. The second-order valence-corrected chi connectivity index (χ2v) is 12.2. The van der Waals surface area contributed by atoms with Crippen molar-refractivity contribution in [3.63, 3.8) is 0 Å². The molecule has 8 aromatic rings. The number of nitrogens with zero attached hydrogens (tertiary/aromatic N) is 4. The summed E-state index contributed by atoms with van der Waals surface area (Å²) in [5.41, 5.74) is 7.87. The van der Waals surface area contributed by atoms with Gasteiger partial charge in [-0.15, -0.1) is 0 Å². The summed E-state index contributed by atoms with van der Waals surface area (Å²) >= 11 is 0. The van der Waals surface area contributed by atoms with Crippen LogP contribution < -0.4 is 0 Å². The first-order valence-corrected chi connectivity index (χ1v) is 15.4. The Morgan fingerprint density at radius 2 is 1.06 bits per heavy atom. The average Bonchev–Trinajstić information content (AvgIpc) is 3.59. The molecule has 4 nitrogen and oxygen atoms in total. The molecule has 0 saturated heterocycles. The summed E-state index contributed by atoms with van der Waals surface area (Å²) < 4.78 is 45.7. The van der Waals surface area contributed by atoms with E-state index in [4.69, 9.17) is 0 Å². The minimum Gasteiger partial charge on any atom is -0.308 e. The van der Waals surface area contributed by atoms with Gasteiger partial charge in [-0.1, -0.05) is 54.1 Å². The number of alkyl halides is 3. The van der Waals surface area contributed by atoms with E-state index in [0.717, 1.165) is 50.1 Å². The summed E-state index contributed by atoms with van der Waals surface area (Å²) in [5, 5.41) is 24.0. The number of hydrogen-bond donors (Lipinski definition) is 0. The number of halogens is 3. The maximum absolute atomic E-state index is 13.9. The van der Waals surface area contributed by atoms with E-state index in [-0.39, 0.29) is 0 Å². The molecule has 8 rings (SSSR count). The molecule has 0 aliphatic rings. The largest absolute Gasteiger partial charge is 0.416 e. The number of aromatic nitrogens is 2. The molecule has 0 aliphatic heterocycles. The molecule has 230 valence electrons. The average molecular weight is 631 g/mol. The summed E-state index contributed by atoms with van der Waals surface area (Å²) in [6.45, 7) is 3.97. The predicted molar refractivity (Wildman–Crippen MR) is 184 cm³/mol. The molecule has 7 heteroatoms. The molecule has 2 heterocycles. The fraction of sp³-hybridized carbons (Fsp3) is 0.0732. The van der Waals surface area contributed by atoms with Gasteiger partial charge in [-0.3, -0.25) is 0 Å². The van der Waals surface area contributed by atoms with Crippen molar-refractivity contribution in [2.24, 2.45) is 0 Å². The van der Waals surface area contributed by atoms with E-state index in [2.05, 4.69) is 34.9 Å². The Kier molecular flexibility index (Phi) is 6.44. The smallest absolute Gasteiger partial charge is 0.308 e. The number of fused-ring (bicyclic) bond motifs is 6. The lowest BCUT2D eigenvalue weighted by Gasteiger charge is -2.19. The third-order valence-corrected chi connectivity index (χ3v) is 9.06. The van der Waals surface area contributed by atoms with Crippen LogP contribution in [0, 0.1) is 36.5 Å². The summed E-state index contributed by atoms with van der Waals surface area (Å²) in [6, 6.07) is 39.6. The zero-order valence-electron chi connectivity index (χ0n) is 25.9. The zero-order valence-corrected chi connectivity index (χ0v) is 25.9. The van der Waals surface area contributed by atoms with Gasteiger partial charge in [0.05, 0.1) is 50.6 Å². The number of rotatable bonds is 3. The predicted octanol–water partition coefficient (Wildman–Crippen LogP) is 10.9. The van der Waals surface area contributed by atoms with Crippen LogP contribution in [0.1, 0.15) is 27.8 Å². The normalized spacial score (nSPS) is 11.8. The molecular formula is C41H25F3N4. The van der Waals surface area contributed by atoms with E-state index in [1.807, 2.05) is 85.1 Å². The molecule has 0 amide bonds. The summed E-state index contributed by atoms with van der Waals surface area (Å²) in [5.74, 6) is 0. The fourth-order valence-electron chi connectivity index (χ4n) is 7.02. The van der Waals surface area contributed by atoms with Crippen LogP contribution in [0.3, 0.4) is 0 Å². The van der Waals surface area contributed by atoms with Gasteiger partial charge in [0.2, 0.25) is 0 Å². The molecule has 0 fully saturated rings. The number of benzene rings is 6. The third kappa shape index (κ3) is 4.44. The van der Waals surface area contributed by atoms with E-state index in [0.29, 0.717) is 44.3 Å².